The first-order chi connectivity index (χ1) is 18.2. The van der Waals surface area contributed by atoms with Gasteiger partial charge in [0.2, 0.25) is 5.75 Å². The molecule has 9 nitrogen and oxygen atoms in total. The zero-order valence-corrected chi connectivity index (χ0v) is 22.8. The summed E-state index contributed by atoms with van der Waals surface area (Å²) in [6.45, 7) is 6.10. The lowest BCUT2D eigenvalue weighted by molar-refractivity contribution is 0.0954. The topological polar surface area (TPSA) is 113 Å². The zero-order valence-electron chi connectivity index (χ0n) is 20.4. The Kier molecular flexibility index (Phi) is 10.0. The van der Waals surface area contributed by atoms with Gasteiger partial charge in [0.25, 0.3) is 5.91 Å². The van der Waals surface area contributed by atoms with Crippen molar-refractivity contribution >= 4 is 45.4 Å². The average molecular weight is 579 g/mol. The van der Waals surface area contributed by atoms with Gasteiger partial charge in [-0.1, -0.05) is 35.9 Å². The molecule has 1 N–H and O–H groups in total. The Bertz CT molecular complexity index is 1440. The van der Waals surface area contributed by atoms with E-state index in [1.165, 1.54) is 49.7 Å². The number of halogens is 2. The number of benzene rings is 3. The Labute approximate surface area is 230 Å². The van der Waals surface area contributed by atoms with Gasteiger partial charge in [0, 0.05) is 10.6 Å². The normalized spacial score (nSPS) is 11.2. The van der Waals surface area contributed by atoms with Crippen molar-refractivity contribution in [2.75, 3.05) is 20.3 Å². The molecule has 3 aromatic carbocycles. The van der Waals surface area contributed by atoms with Crippen LogP contribution in [0, 0.1) is 0 Å². The van der Waals surface area contributed by atoms with Crippen molar-refractivity contribution < 1.29 is 31.6 Å². The molecule has 0 unspecified atom stereocenters. The number of ether oxygens (including phenoxy) is 3. The quantitative estimate of drug-likeness (QED) is 0.131. The Morgan fingerprint density at radius 2 is 1.76 bits per heavy atom. The van der Waals surface area contributed by atoms with E-state index in [-0.39, 0.29) is 21.4 Å². The number of methoxy groups -OCH3 is 1. The molecule has 0 aliphatic heterocycles. The van der Waals surface area contributed by atoms with Gasteiger partial charge in [0.1, 0.15) is 11.5 Å². The highest BCUT2D eigenvalue weighted by Gasteiger charge is 2.22. The summed E-state index contributed by atoms with van der Waals surface area (Å²) in [5, 5.41) is 4.27. The van der Waals surface area contributed by atoms with Gasteiger partial charge in [-0.05, 0) is 67.1 Å². The minimum absolute atomic E-state index is 0.0410. The maximum atomic E-state index is 12.7. The first-order valence-electron chi connectivity index (χ1n) is 11.1. The highest BCUT2D eigenvalue weighted by atomic mass is 35.5. The lowest BCUT2D eigenvalue weighted by atomic mass is 10.2. The molecule has 0 aliphatic rings. The van der Waals surface area contributed by atoms with Crippen LogP contribution in [-0.4, -0.2) is 40.9 Å². The number of carbonyl (C=O) groups excluding carboxylic acids is 1. The van der Waals surface area contributed by atoms with Crippen molar-refractivity contribution in [3.05, 3.63) is 88.4 Å². The summed E-state index contributed by atoms with van der Waals surface area (Å²) in [6.07, 6.45) is 2.92. The molecule has 0 heterocycles. The van der Waals surface area contributed by atoms with Crippen LogP contribution in [0.4, 0.5) is 0 Å². The molecule has 0 spiro atoms. The van der Waals surface area contributed by atoms with E-state index in [9.17, 15) is 13.2 Å². The summed E-state index contributed by atoms with van der Waals surface area (Å²) in [6, 6.07) is 13.0. The molecule has 12 heteroatoms. The van der Waals surface area contributed by atoms with Gasteiger partial charge in [-0.2, -0.15) is 13.5 Å². The standard InChI is InChI=1S/C26H24Cl2N2O7S/c1-4-12-36-22-11-6-18(15-23(22)35-5-2)26(31)30-29-16-17-13-21(28)25(24(14-17)34-3)37-38(32,33)20-9-7-19(27)8-10-20/h4,6-11,13-16H,1,5,12H2,2-3H3,(H,30,31)/b29-16+. The molecular weight excluding hydrogens is 555 g/mol. The predicted octanol–water partition coefficient (Wildman–Crippen LogP) is 5.50. The first kappa shape index (κ1) is 28.8. The maximum absolute atomic E-state index is 12.7. The Morgan fingerprint density at radius 1 is 1.03 bits per heavy atom. The van der Waals surface area contributed by atoms with E-state index in [2.05, 4.69) is 17.1 Å². The van der Waals surface area contributed by atoms with Crippen molar-refractivity contribution in [3.8, 4) is 23.0 Å². The van der Waals surface area contributed by atoms with E-state index in [0.717, 1.165) is 0 Å². The smallest absolute Gasteiger partial charge is 0.339 e. The molecule has 3 rings (SSSR count). The van der Waals surface area contributed by atoms with Crippen molar-refractivity contribution in [2.45, 2.75) is 11.8 Å². The van der Waals surface area contributed by atoms with Gasteiger partial charge in [-0.15, -0.1) is 0 Å². The number of carbonyl (C=O) groups is 1. The van der Waals surface area contributed by atoms with E-state index < -0.39 is 16.0 Å². The van der Waals surface area contributed by atoms with E-state index >= 15 is 0 Å². The second kappa shape index (κ2) is 13.2. The van der Waals surface area contributed by atoms with Crippen LogP contribution in [0.1, 0.15) is 22.8 Å². The molecule has 0 bridgehead atoms. The predicted molar refractivity (Wildman–Crippen MR) is 146 cm³/mol. The Balaban J connectivity index is 1.75. The molecule has 38 heavy (non-hydrogen) atoms. The van der Waals surface area contributed by atoms with Crippen LogP contribution in [0.15, 0.2) is 77.2 Å². The van der Waals surface area contributed by atoms with Crippen LogP contribution in [-0.2, 0) is 10.1 Å². The summed E-state index contributed by atoms with van der Waals surface area (Å²) in [5.41, 5.74) is 3.11. The minimum atomic E-state index is -4.21. The van der Waals surface area contributed by atoms with Gasteiger partial charge >= 0.3 is 10.1 Å². The molecule has 0 radical (unpaired) electrons. The number of hydrazone groups is 1. The summed E-state index contributed by atoms with van der Waals surface area (Å²) >= 11 is 12.1. The van der Waals surface area contributed by atoms with Crippen molar-refractivity contribution in [3.63, 3.8) is 0 Å². The highest BCUT2D eigenvalue weighted by molar-refractivity contribution is 7.87. The van der Waals surface area contributed by atoms with Gasteiger partial charge in [-0.25, -0.2) is 5.43 Å². The van der Waals surface area contributed by atoms with E-state index in [0.29, 0.717) is 40.9 Å². The number of amides is 1. The SMILES string of the molecule is C=CCOc1ccc(C(=O)N/N=C/c2cc(Cl)c(OS(=O)(=O)c3ccc(Cl)cc3)c(OC)c2)cc1OCC. The number of nitrogens with one attached hydrogen (secondary N) is 1. The van der Waals surface area contributed by atoms with Gasteiger partial charge < -0.3 is 18.4 Å². The van der Waals surface area contributed by atoms with Crippen molar-refractivity contribution in [1.82, 2.24) is 5.43 Å². The van der Waals surface area contributed by atoms with E-state index in [4.69, 9.17) is 41.6 Å². The molecule has 0 aliphatic carbocycles. The van der Waals surface area contributed by atoms with Gasteiger partial charge in [0.05, 0.1) is 25.0 Å². The Hall–Kier alpha value is -3.73. The van der Waals surface area contributed by atoms with Crippen molar-refractivity contribution in [1.29, 1.82) is 0 Å². The second-order valence-electron chi connectivity index (χ2n) is 7.42. The fourth-order valence-corrected chi connectivity index (χ4v) is 4.46. The molecule has 200 valence electrons. The molecule has 0 atom stereocenters. The zero-order chi connectivity index (χ0) is 27.7. The average Bonchev–Trinajstić information content (AvgIpc) is 2.89. The summed E-state index contributed by atoms with van der Waals surface area (Å²) in [7, 11) is -2.88. The number of hydrogen-bond donors (Lipinski definition) is 1. The first-order valence-corrected chi connectivity index (χ1v) is 13.3. The summed E-state index contributed by atoms with van der Waals surface area (Å²) < 4.78 is 46.9. The lowest BCUT2D eigenvalue weighted by Gasteiger charge is -2.13. The molecule has 0 aromatic heterocycles. The number of nitrogens with zero attached hydrogens (tertiary/aromatic N) is 1. The van der Waals surface area contributed by atoms with Crippen LogP contribution in [0.5, 0.6) is 23.0 Å². The van der Waals surface area contributed by atoms with Crippen LogP contribution in [0.25, 0.3) is 0 Å². The summed E-state index contributed by atoms with van der Waals surface area (Å²) in [5.74, 6) is 0.233. The third kappa shape index (κ3) is 7.41. The molecule has 0 fully saturated rings. The fraction of sp³-hybridized carbons (Fsp3) is 0.154. The minimum Gasteiger partial charge on any atom is -0.493 e. The Morgan fingerprint density at radius 3 is 2.42 bits per heavy atom. The van der Waals surface area contributed by atoms with E-state index in [1.807, 2.05) is 6.92 Å². The molecular formula is C26H24Cl2N2O7S. The van der Waals surface area contributed by atoms with Crippen LogP contribution >= 0.6 is 23.2 Å². The van der Waals surface area contributed by atoms with Gasteiger partial charge in [0.15, 0.2) is 17.2 Å². The van der Waals surface area contributed by atoms with Crippen LogP contribution < -0.4 is 23.8 Å². The third-order valence-electron chi connectivity index (χ3n) is 4.79. The van der Waals surface area contributed by atoms with Gasteiger partial charge in [-0.3, -0.25) is 4.79 Å². The summed E-state index contributed by atoms with van der Waals surface area (Å²) in [4.78, 5) is 12.5. The maximum Gasteiger partial charge on any atom is 0.339 e. The molecule has 0 saturated heterocycles. The third-order valence-corrected chi connectivity index (χ3v) is 6.56. The van der Waals surface area contributed by atoms with Crippen molar-refractivity contribution in [2.24, 2.45) is 5.10 Å². The number of hydrogen-bond acceptors (Lipinski definition) is 8. The molecule has 1 amide bonds. The molecule has 3 aromatic rings. The van der Waals surface area contributed by atoms with E-state index in [1.54, 1.807) is 24.3 Å². The molecule has 0 saturated carbocycles. The fourth-order valence-electron chi connectivity index (χ4n) is 3.07. The van der Waals surface area contributed by atoms with Crippen LogP contribution in [0.3, 0.4) is 0 Å². The largest absolute Gasteiger partial charge is 0.493 e. The highest BCUT2D eigenvalue weighted by Crippen LogP contribution is 2.38. The monoisotopic (exact) mass is 578 g/mol. The lowest BCUT2D eigenvalue weighted by Crippen LogP contribution is -2.17. The second-order valence-corrected chi connectivity index (χ2v) is 9.81. The number of rotatable bonds is 12. The van der Waals surface area contributed by atoms with Crippen LogP contribution in [0.2, 0.25) is 10.0 Å².